The summed E-state index contributed by atoms with van der Waals surface area (Å²) < 4.78 is 6.34. The molecule has 0 aromatic carbocycles. The summed E-state index contributed by atoms with van der Waals surface area (Å²) in [7, 11) is 0. The largest absolute Gasteiger partial charge is 0.462 e. The van der Waals surface area contributed by atoms with Gasteiger partial charge in [0, 0.05) is 17.5 Å². The average molecular weight is 377 g/mol. The highest BCUT2D eigenvalue weighted by atomic mass is 32.1. The van der Waals surface area contributed by atoms with Gasteiger partial charge >= 0.3 is 5.97 Å². The molecule has 0 radical (unpaired) electrons. The van der Waals surface area contributed by atoms with Crippen molar-refractivity contribution in [1.82, 2.24) is 9.78 Å². The van der Waals surface area contributed by atoms with Crippen molar-refractivity contribution in [1.29, 1.82) is 0 Å². The number of anilines is 1. The summed E-state index contributed by atoms with van der Waals surface area (Å²) in [5.74, 6) is -0.940. The topological polar surface area (TPSA) is 90.3 Å². The lowest BCUT2D eigenvalue weighted by molar-refractivity contribution is 0.0528. The molecule has 2 aromatic heterocycles. The minimum absolute atomic E-state index is 0.127. The molecule has 0 saturated heterocycles. The van der Waals surface area contributed by atoms with Gasteiger partial charge in [0.25, 0.3) is 11.5 Å². The van der Waals surface area contributed by atoms with Crippen molar-refractivity contribution in [3.8, 4) is 0 Å². The molecule has 0 atom stereocenters. The van der Waals surface area contributed by atoms with Crippen LogP contribution in [0.4, 0.5) is 5.00 Å². The van der Waals surface area contributed by atoms with Gasteiger partial charge in [0.15, 0.2) is 0 Å². The number of thiophene rings is 1. The second-order valence-electron chi connectivity index (χ2n) is 5.62. The molecule has 0 aliphatic heterocycles. The molecule has 2 heterocycles. The highest BCUT2D eigenvalue weighted by molar-refractivity contribution is 7.16. The van der Waals surface area contributed by atoms with Crippen molar-refractivity contribution in [3.63, 3.8) is 0 Å². The summed E-state index contributed by atoms with van der Waals surface area (Å²) >= 11 is 1.33. The van der Waals surface area contributed by atoms with E-state index in [9.17, 15) is 14.4 Å². The third-order valence-corrected chi connectivity index (χ3v) is 4.87. The first-order valence-electron chi connectivity index (χ1n) is 8.69. The standard InChI is InChI=1S/C18H23N3O4S/c1-4-7-10-21-15(22)9-8-14(20-21)16(23)19-17-13(18(24)25-6-3)11-12(5-2)26-17/h8-9,11H,4-7,10H2,1-3H3,(H,19,23). The number of nitrogens with zero attached hydrogens (tertiary/aromatic N) is 2. The lowest BCUT2D eigenvalue weighted by Gasteiger charge is -2.08. The van der Waals surface area contributed by atoms with E-state index in [1.807, 2.05) is 13.8 Å². The van der Waals surface area contributed by atoms with E-state index in [2.05, 4.69) is 10.4 Å². The van der Waals surface area contributed by atoms with Crippen LogP contribution in [-0.4, -0.2) is 28.3 Å². The monoisotopic (exact) mass is 377 g/mol. The second-order valence-corrected chi connectivity index (χ2v) is 6.75. The molecule has 140 valence electrons. The molecule has 2 aromatic rings. The molecule has 0 aliphatic rings. The lowest BCUT2D eigenvalue weighted by Crippen LogP contribution is -2.26. The first kappa shape index (κ1) is 19.8. The molecule has 0 fully saturated rings. The highest BCUT2D eigenvalue weighted by Crippen LogP contribution is 2.29. The maximum absolute atomic E-state index is 12.5. The number of rotatable bonds is 8. The number of ether oxygens (including phenoxy) is 1. The van der Waals surface area contributed by atoms with Gasteiger partial charge in [0.05, 0.1) is 12.2 Å². The fourth-order valence-electron chi connectivity index (χ4n) is 2.27. The van der Waals surface area contributed by atoms with Gasteiger partial charge < -0.3 is 10.1 Å². The number of aromatic nitrogens is 2. The average Bonchev–Trinajstić information content (AvgIpc) is 3.04. The molecule has 1 N–H and O–H groups in total. The van der Waals surface area contributed by atoms with E-state index in [4.69, 9.17) is 4.74 Å². The van der Waals surface area contributed by atoms with Crippen LogP contribution in [0, 0.1) is 0 Å². The zero-order chi connectivity index (χ0) is 19.1. The van der Waals surface area contributed by atoms with Gasteiger partial charge in [-0.3, -0.25) is 9.59 Å². The van der Waals surface area contributed by atoms with E-state index < -0.39 is 11.9 Å². The second kappa shape index (κ2) is 9.28. The number of amides is 1. The number of esters is 1. The van der Waals surface area contributed by atoms with Gasteiger partial charge in [-0.05, 0) is 31.9 Å². The van der Waals surface area contributed by atoms with Gasteiger partial charge in [-0.15, -0.1) is 11.3 Å². The zero-order valence-corrected chi connectivity index (χ0v) is 16.0. The number of carbonyl (C=O) groups excluding carboxylic acids is 2. The quantitative estimate of drug-likeness (QED) is 0.714. The van der Waals surface area contributed by atoms with Gasteiger partial charge in [-0.25, -0.2) is 9.48 Å². The Morgan fingerprint density at radius 3 is 2.69 bits per heavy atom. The fourth-order valence-corrected chi connectivity index (χ4v) is 3.25. The van der Waals surface area contributed by atoms with E-state index in [0.29, 0.717) is 17.1 Å². The zero-order valence-electron chi connectivity index (χ0n) is 15.2. The molecule has 0 saturated carbocycles. The molecule has 26 heavy (non-hydrogen) atoms. The number of nitrogens with one attached hydrogen (secondary N) is 1. The summed E-state index contributed by atoms with van der Waals surface area (Å²) in [6.45, 7) is 6.43. The molecule has 0 bridgehead atoms. The third-order valence-electron chi connectivity index (χ3n) is 3.68. The normalized spacial score (nSPS) is 10.6. The Kier molecular flexibility index (Phi) is 7.08. The van der Waals surface area contributed by atoms with E-state index >= 15 is 0 Å². The molecule has 2 rings (SSSR count). The Labute approximate surface area is 156 Å². The van der Waals surface area contributed by atoms with Crippen molar-refractivity contribution in [2.75, 3.05) is 11.9 Å². The van der Waals surface area contributed by atoms with E-state index in [1.165, 1.54) is 28.2 Å². The third kappa shape index (κ3) is 4.78. The van der Waals surface area contributed by atoms with Crippen molar-refractivity contribution >= 4 is 28.2 Å². The van der Waals surface area contributed by atoms with E-state index in [0.717, 1.165) is 24.1 Å². The Hall–Kier alpha value is -2.48. The van der Waals surface area contributed by atoms with Crippen LogP contribution in [0.15, 0.2) is 23.0 Å². The Morgan fingerprint density at radius 1 is 1.27 bits per heavy atom. The SMILES string of the molecule is CCCCn1nc(C(=O)Nc2sc(CC)cc2C(=O)OCC)ccc1=O. The highest BCUT2D eigenvalue weighted by Gasteiger charge is 2.20. The van der Waals surface area contributed by atoms with Crippen LogP contribution < -0.4 is 10.9 Å². The summed E-state index contributed by atoms with van der Waals surface area (Å²) in [6, 6.07) is 4.45. The fraction of sp³-hybridized carbons (Fsp3) is 0.444. The number of aryl methyl sites for hydroxylation is 2. The van der Waals surface area contributed by atoms with Crippen molar-refractivity contribution in [3.05, 3.63) is 44.7 Å². The Morgan fingerprint density at radius 2 is 2.04 bits per heavy atom. The van der Waals surface area contributed by atoms with Gasteiger partial charge in [-0.2, -0.15) is 5.10 Å². The molecule has 7 nitrogen and oxygen atoms in total. The number of carbonyl (C=O) groups is 2. The summed E-state index contributed by atoms with van der Waals surface area (Å²) in [4.78, 5) is 37.4. The van der Waals surface area contributed by atoms with Crippen LogP contribution in [0.25, 0.3) is 0 Å². The molecule has 0 unspecified atom stereocenters. The maximum Gasteiger partial charge on any atom is 0.341 e. The molecular weight excluding hydrogens is 354 g/mol. The molecule has 0 spiro atoms. The number of hydrogen-bond donors (Lipinski definition) is 1. The first-order valence-corrected chi connectivity index (χ1v) is 9.51. The number of hydrogen-bond acceptors (Lipinski definition) is 6. The number of unbranched alkanes of at least 4 members (excludes halogenated alkanes) is 1. The van der Waals surface area contributed by atoms with Gasteiger partial charge in [0.2, 0.25) is 0 Å². The lowest BCUT2D eigenvalue weighted by atomic mass is 10.2. The van der Waals surface area contributed by atoms with Crippen molar-refractivity contribution < 1.29 is 14.3 Å². The molecule has 1 amide bonds. The van der Waals surface area contributed by atoms with Crippen molar-refractivity contribution in [2.45, 2.75) is 46.6 Å². The van der Waals surface area contributed by atoms with Crippen LogP contribution in [0.1, 0.15) is 59.3 Å². The minimum atomic E-state index is -0.473. The van der Waals surface area contributed by atoms with Crippen LogP contribution in [0.3, 0.4) is 0 Å². The maximum atomic E-state index is 12.5. The van der Waals surface area contributed by atoms with Crippen LogP contribution >= 0.6 is 11.3 Å². The van der Waals surface area contributed by atoms with Crippen LogP contribution in [0.5, 0.6) is 0 Å². The Balaban J connectivity index is 2.25. The minimum Gasteiger partial charge on any atom is -0.462 e. The summed E-state index contributed by atoms with van der Waals surface area (Å²) in [5.41, 5.74) is 0.218. The predicted molar refractivity (Wildman–Crippen MR) is 101 cm³/mol. The molecule has 0 aliphatic carbocycles. The summed E-state index contributed by atoms with van der Waals surface area (Å²) in [6.07, 6.45) is 2.46. The van der Waals surface area contributed by atoms with Crippen LogP contribution in [-0.2, 0) is 17.7 Å². The van der Waals surface area contributed by atoms with Crippen LogP contribution in [0.2, 0.25) is 0 Å². The smallest absolute Gasteiger partial charge is 0.341 e. The van der Waals surface area contributed by atoms with Gasteiger partial charge in [0.1, 0.15) is 10.7 Å². The van der Waals surface area contributed by atoms with Gasteiger partial charge in [-0.1, -0.05) is 20.3 Å². The first-order chi connectivity index (χ1) is 12.5. The van der Waals surface area contributed by atoms with E-state index in [1.54, 1.807) is 13.0 Å². The summed E-state index contributed by atoms with van der Waals surface area (Å²) in [5, 5.41) is 7.28. The molecular formula is C18H23N3O4S. The van der Waals surface area contributed by atoms with E-state index in [-0.39, 0.29) is 17.9 Å². The predicted octanol–water partition coefficient (Wildman–Crippen LogP) is 3.10. The molecule has 8 heteroatoms. The Bertz CT molecular complexity index is 841. The van der Waals surface area contributed by atoms with Crippen molar-refractivity contribution in [2.24, 2.45) is 0 Å².